The average molecular weight is 149 g/mol. The Balaban J connectivity index is 3.80. The van der Waals surface area contributed by atoms with Gasteiger partial charge in [0.15, 0.2) is 0 Å². The summed E-state index contributed by atoms with van der Waals surface area (Å²) < 4.78 is 12.7. The van der Waals surface area contributed by atoms with Gasteiger partial charge in [0.05, 0.1) is 0 Å². The maximum Gasteiger partial charge on any atom is 0.320 e. The minimum Gasteiger partial charge on any atom is -0.480 e. The van der Waals surface area contributed by atoms with Crippen molar-refractivity contribution in [3.05, 3.63) is 0 Å². The van der Waals surface area contributed by atoms with Crippen LogP contribution in [0.25, 0.3) is 0 Å². The molecule has 60 valence electrons. The monoisotopic (exact) mass is 149 g/mol. The van der Waals surface area contributed by atoms with Gasteiger partial charge >= 0.3 is 5.97 Å². The molecule has 0 aromatic rings. The summed E-state index contributed by atoms with van der Waals surface area (Å²) in [5, 5.41) is 8.25. The molecule has 0 aliphatic rings. The van der Waals surface area contributed by atoms with Crippen molar-refractivity contribution in [1.82, 2.24) is 0 Å². The van der Waals surface area contributed by atoms with Crippen LogP contribution in [0.15, 0.2) is 0 Å². The number of nitrogens with two attached hydrogens (primary N) is 1. The van der Waals surface area contributed by atoms with E-state index in [0.29, 0.717) is 0 Å². The highest BCUT2D eigenvalue weighted by molar-refractivity contribution is 5.73. The number of hydrogen-bond acceptors (Lipinski definition) is 2. The van der Waals surface area contributed by atoms with Gasteiger partial charge in [0, 0.05) is 6.42 Å². The van der Waals surface area contributed by atoms with Gasteiger partial charge in [-0.2, -0.15) is 0 Å². The fourth-order valence-electron chi connectivity index (χ4n) is 0.610. The summed E-state index contributed by atoms with van der Waals surface area (Å²) in [5.74, 6) is -1.16. The van der Waals surface area contributed by atoms with Gasteiger partial charge < -0.3 is 10.8 Å². The summed E-state index contributed by atoms with van der Waals surface area (Å²) in [5.41, 5.74) is 3.56. The van der Waals surface area contributed by atoms with Crippen molar-refractivity contribution in [1.29, 1.82) is 0 Å². The Hall–Kier alpha value is -0.640. The molecule has 0 unspecified atom stereocenters. The predicted octanol–water partition coefficient (Wildman–Crippen LogP) is 0.536. The van der Waals surface area contributed by atoms with Crippen LogP contribution in [0.5, 0.6) is 0 Å². The molecule has 0 aliphatic carbocycles. The van der Waals surface area contributed by atoms with Crippen LogP contribution in [0.1, 0.15) is 20.3 Å². The number of aliphatic carboxylic acids is 1. The Bertz CT molecular complexity index is 130. The third-order valence-electron chi connectivity index (χ3n) is 1.02. The molecule has 3 nitrogen and oxygen atoms in total. The lowest BCUT2D eigenvalue weighted by molar-refractivity contribution is -0.139. The zero-order valence-electron chi connectivity index (χ0n) is 6.10. The van der Waals surface area contributed by atoms with E-state index in [1.165, 1.54) is 13.8 Å². The molecule has 0 aromatic heterocycles. The normalized spacial score (nSPS) is 14.8. The molecule has 3 N–H and O–H groups in total. The number of halogens is 1. The van der Waals surface area contributed by atoms with E-state index in [1.807, 2.05) is 0 Å². The lowest BCUT2D eigenvalue weighted by Gasteiger charge is -2.15. The molecular formula is C6H12FNO2. The van der Waals surface area contributed by atoms with Gasteiger partial charge in [-0.05, 0) is 13.8 Å². The Morgan fingerprint density at radius 3 is 2.30 bits per heavy atom. The molecule has 0 amide bonds. The van der Waals surface area contributed by atoms with E-state index in [0.717, 1.165) is 0 Å². The molecular weight excluding hydrogens is 137 g/mol. The van der Waals surface area contributed by atoms with Crippen molar-refractivity contribution in [2.75, 3.05) is 0 Å². The predicted molar refractivity (Wildman–Crippen MR) is 35.4 cm³/mol. The molecule has 0 aromatic carbocycles. The summed E-state index contributed by atoms with van der Waals surface area (Å²) in [7, 11) is 0. The van der Waals surface area contributed by atoms with Crippen molar-refractivity contribution < 1.29 is 14.3 Å². The van der Waals surface area contributed by atoms with Gasteiger partial charge in [0.1, 0.15) is 11.7 Å². The first-order valence-electron chi connectivity index (χ1n) is 3.00. The second-order valence-electron chi connectivity index (χ2n) is 2.87. The highest BCUT2D eigenvalue weighted by Gasteiger charge is 2.23. The van der Waals surface area contributed by atoms with Crippen LogP contribution in [0, 0.1) is 0 Å². The Morgan fingerprint density at radius 2 is 2.20 bits per heavy atom. The topological polar surface area (TPSA) is 63.3 Å². The van der Waals surface area contributed by atoms with Gasteiger partial charge in [-0.15, -0.1) is 0 Å². The standard InChI is InChI=1S/C6H12FNO2/c1-6(2,7)3-4(8)5(9)10/h4H,3,8H2,1-2H3,(H,9,10)/t4-/m1/s1. The molecule has 0 aliphatic heterocycles. The maximum atomic E-state index is 12.7. The maximum absolute atomic E-state index is 12.7. The SMILES string of the molecule is CC(C)(F)C[C@@H](N)C(=O)O. The minimum atomic E-state index is -1.50. The van der Waals surface area contributed by atoms with E-state index < -0.39 is 17.7 Å². The van der Waals surface area contributed by atoms with E-state index in [9.17, 15) is 9.18 Å². The van der Waals surface area contributed by atoms with Crippen molar-refractivity contribution in [3.8, 4) is 0 Å². The van der Waals surface area contributed by atoms with Gasteiger partial charge in [-0.3, -0.25) is 4.79 Å². The summed E-state index contributed by atoms with van der Waals surface area (Å²) in [6.45, 7) is 2.60. The molecule has 0 heterocycles. The number of carboxylic acids is 1. The number of hydrogen-bond donors (Lipinski definition) is 2. The van der Waals surface area contributed by atoms with Crippen LogP contribution in [-0.4, -0.2) is 22.8 Å². The van der Waals surface area contributed by atoms with Gasteiger partial charge in [0.25, 0.3) is 0 Å². The van der Waals surface area contributed by atoms with Gasteiger partial charge in [0.2, 0.25) is 0 Å². The van der Waals surface area contributed by atoms with Gasteiger partial charge in [-0.25, -0.2) is 4.39 Å². The molecule has 0 fully saturated rings. The average Bonchev–Trinajstić information content (AvgIpc) is 1.60. The summed E-state index contributed by atoms with van der Waals surface area (Å²) in [4.78, 5) is 10.1. The first-order valence-corrected chi connectivity index (χ1v) is 3.00. The van der Waals surface area contributed by atoms with Crippen LogP contribution in [0.3, 0.4) is 0 Å². The number of carboxylic acid groups (broad SMARTS) is 1. The lowest BCUT2D eigenvalue weighted by atomic mass is 10.0. The summed E-state index contributed by atoms with van der Waals surface area (Å²) in [6, 6.07) is -1.10. The zero-order chi connectivity index (χ0) is 8.36. The van der Waals surface area contributed by atoms with Crippen LogP contribution in [0.2, 0.25) is 0 Å². The largest absolute Gasteiger partial charge is 0.480 e. The molecule has 0 spiro atoms. The van der Waals surface area contributed by atoms with Crippen molar-refractivity contribution in [2.24, 2.45) is 5.73 Å². The van der Waals surface area contributed by atoms with E-state index in [4.69, 9.17) is 10.8 Å². The molecule has 0 rings (SSSR count). The van der Waals surface area contributed by atoms with Crippen LogP contribution >= 0.6 is 0 Å². The van der Waals surface area contributed by atoms with Crippen LogP contribution < -0.4 is 5.73 Å². The second-order valence-corrected chi connectivity index (χ2v) is 2.87. The van der Waals surface area contributed by atoms with Crippen LogP contribution in [-0.2, 0) is 4.79 Å². The Kier molecular flexibility index (Phi) is 2.77. The third-order valence-corrected chi connectivity index (χ3v) is 1.02. The highest BCUT2D eigenvalue weighted by Crippen LogP contribution is 2.14. The molecule has 0 bridgehead atoms. The Labute approximate surface area is 59.0 Å². The molecule has 0 radical (unpaired) electrons. The van der Waals surface area contributed by atoms with Crippen molar-refractivity contribution >= 4 is 5.97 Å². The van der Waals surface area contributed by atoms with E-state index in [2.05, 4.69) is 0 Å². The molecule has 4 heteroatoms. The summed E-state index contributed by atoms with van der Waals surface area (Å²) >= 11 is 0. The zero-order valence-corrected chi connectivity index (χ0v) is 6.10. The van der Waals surface area contributed by atoms with E-state index >= 15 is 0 Å². The van der Waals surface area contributed by atoms with Crippen molar-refractivity contribution in [2.45, 2.75) is 32.0 Å². The summed E-state index contributed by atoms with van der Waals surface area (Å²) in [6.07, 6.45) is -0.150. The van der Waals surface area contributed by atoms with Crippen LogP contribution in [0.4, 0.5) is 4.39 Å². The minimum absolute atomic E-state index is 0.150. The highest BCUT2D eigenvalue weighted by atomic mass is 19.1. The molecule has 1 atom stereocenters. The first kappa shape index (κ1) is 9.36. The first-order chi connectivity index (χ1) is 4.33. The van der Waals surface area contributed by atoms with E-state index in [1.54, 1.807) is 0 Å². The lowest BCUT2D eigenvalue weighted by Crippen LogP contribution is -2.35. The quantitative estimate of drug-likeness (QED) is 0.615. The number of rotatable bonds is 3. The Morgan fingerprint density at radius 1 is 1.80 bits per heavy atom. The van der Waals surface area contributed by atoms with Gasteiger partial charge in [-0.1, -0.05) is 0 Å². The van der Waals surface area contributed by atoms with Crippen molar-refractivity contribution in [3.63, 3.8) is 0 Å². The number of alkyl halides is 1. The molecule has 0 saturated carbocycles. The smallest absolute Gasteiger partial charge is 0.320 e. The number of carbonyl (C=O) groups is 1. The fraction of sp³-hybridized carbons (Fsp3) is 0.833. The second kappa shape index (κ2) is 2.96. The molecule has 10 heavy (non-hydrogen) atoms. The third kappa shape index (κ3) is 4.26. The van der Waals surface area contributed by atoms with E-state index in [-0.39, 0.29) is 6.42 Å². The fourth-order valence-corrected chi connectivity index (χ4v) is 0.610. The molecule has 0 saturated heterocycles.